The zero-order chi connectivity index (χ0) is 65.4. The Balaban J connectivity index is 1.05. The second-order valence-corrected chi connectivity index (χ2v) is 22.2. The monoisotopic (exact) mass is 1250 g/mol. The maximum absolute atomic E-state index is 14.5. The van der Waals surface area contributed by atoms with E-state index in [4.69, 9.17) is 18.9 Å². The number of carbonyl (C=O) groups is 4. The fourth-order valence-electron chi connectivity index (χ4n) is 10.0. The van der Waals surface area contributed by atoms with E-state index in [1.165, 1.54) is 61.3 Å². The Morgan fingerprint density at radius 3 is 0.978 bits per heavy atom. The lowest BCUT2D eigenvalue weighted by Crippen LogP contribution is -2.49. The lowest BCUT2D eigenvalue weighted by Gasteiger charge is -2.31. The summed E-state index contributed by atoms with van der Waals surface area (Å²) in [6, 6.07) is 42.7. The quantitative estimate of drug-likeness (QED) is 0.0363. The molecule has 22 nitrogen and oxygen atoms in total. The number of rotatable bonds is 34. The van der Waals surface area contributed by atoms with Crippen LogP contribution in [0, 0.1) is 0 Å². The van der Waals surface area contributed by atoms with Crippen molar-refractivity contribution in [1.82, 2.24) is 49.3 Å². The third-order valence-electron chi connectivity index (χ3n) is 15.4. The first kappa shape index (κ1) is 67.6. The molecule has 8 aromatic rings. The molecule has 1 unspecified atom stereocenters. The highest BCUT2D eigenvalue weighted by Crippen LogP contribution is 2.20. The van der Waals surface area contributed by atoms with Crippen LogP contribution in [-0.4, -0.2) is 117 Å². The van der Waals surface area contributed by atoms with E-state index in [1.54, 1.807) is 34.3 Å². The number of hydrogen-bond acceptors (Lipinski definition) is 14. The summed E-state index contributed by atoms with van der Waals surface area (Å²) in [6.45, 7) is 4.04. The van der Waals surface area contributed by atoms with Crippen molar-refractivity contribution < 1.29 is 38.1 Å². The van der Waals surface area contributed by atoms with Crippen LogP contribution in [0.3, 0.4) is 0 Å². The van der Waals surface area contributed by atoms with Gasteiger partial charge in [-0.25, -0.2) is 0 Å². The molecule has 0 fully saturated rings. The van der Waals surface area contributed by atoms with E-state index in [9.17, 15) is 38.4 Å². The van der Waals surface area contributed by atoms with Crippen molar-refractivity contribution in [2.75, 3.05) is 58.9 Å². The predicted octanol–water partition coefficient (Wildman–Crippen LogP) is 5.98. The van der Waals surface area contributed by atoms with Crippen molar-refractivity contribution in [2.45, 2.75) is 58.7 Å². The van der Waals surface area contributed by atoms with Crippen LogP contribution in [0.25, 0.3) is 0 Å². The fraction of sp³-hybridized carbons (Fsp3) is 0.314. The molecule has 0 bridgehead atoms. The first-order chi connectivity index (χ1) is 44.6. The molecular weight excluding hydrogens is 1170 g/mol. The van der Waals surface area contributed by atoms with Crippen LogP contribution in [0.2, 0.25) is 0 Å². The van der Waals surface area contributed by atoms with E-state index in [0.29, 0.717) is 19.5 Å². The summed E-state index contributed by atoms with van der Waals surface area (Å²) in [5.41, 5.74) is 1.47. The van der Waals surface area contributed by atoms with Gasteiger partial charge in [-0.05, 0) is 52.9 Å². The van der Waals surface area contributed by atoms with Crippen molar-refractivity contribution in [3.8, 4) is 23.0 Å². The van der Waals surface area contributed by atoms with Gasteiger partial charge in [0.25, 0.3) is 45.9 Å². The molecule has 0 aliphatic rings. The minimum Gasteiger partial charge on any atom is -0.482 e. The van der Waals surface area contributed by atoms with Gasteiger partial charge in [0.1, 0.15) is 26.4 Å². The molecule has 0 saturated heterocycles. The lowest BCUT2D eigenvalue weighted by molar-refractivity contribution is 0.0898. The Hall–Kier alpha value is -10.3. The van der Waals surface area contributed by atoms with E-state index in [1.807, 2.05) is 133 Å². The van der Waals surface area contributed by atoms with Gasteiger partial charge < -0.3 is 58.5 Å². The summed E-state index contributed by atoms with van der Waals surface area (Å²) in [5.74, 6) is -2.58. The molecule has 0 aliphatic heterocycles. The molecule has 4 heterocycles. The van der Waals surface area contributed by atoms with Crippen molar-refractivity contribution >= 4 is 23.6 Å². The molecular formula is C70H80N10O12. The minimum absolute atomic E-state index is 0.0482. The number of aromatic nitrogens is 4. The molecule has 8 rings (SSSR count). The van der Waals surface area contributed by atoms with Gasteiger partial charge in [0.05, 0.1) is 22.3 Å². The van der Waals surface area contributed by atoms with Crippen molar-refractivity contribution in [1.29, 1.82) is 0 Å². The van der Waals surface area contributed by atoms with Gasteiger partial charge in [-0.1, -0.05) is 141 Å². The minimum atomic E-state index is -0.547. The van der Waals surface area contributed by atoms with Crippen LogP contribution >= 0.6 is 0 Å². The Kier molecular flexibility index (Phi) is 25.0. The van der Waals surface area contributed by atoms with Crippen molar-refractivity contribution in [3.05, 3.63) is 256 Å². The van der Waals surface area contributed by atoms with Crippen LogP contribution in [0.15, 0.2) is 190 Å². The van der Waals surface area contributed by atoms with Crippen molar-refractivity contribution in [2.24, 2.45) is 28.2 Å². The Bertz CT molecular complexity index is 3880. The van der Waals surface area contributed by atoms with Gasteiger partial charge in [-0.15, -0.1) is 0 Å². The highest BCUT2D eigenvalue weighted by molar-refractivity contribution is 5.98. The molecule has 0 aliphatic carbocycles. The molecule has 4 aromatic heterocycles. The van der Waals surface area contributed by atoms with E-state index >= 15 is 0 Å². The second-order valence-electron chi connectivity index (χ2n) is 22.2. The summed E-state index contributed by atoms with van der Waals surface area (Å²) in [5, 5.41) is 12.1. The Morgan fingerprint density at radius 2 is 0.674 bits per heavy atom. The van der Waals surface area contributed by atoms with Crippen LogP contribution in [-0.2, 0) is 54.6 Å². The average Bonchev–Trinajstić information content (AvgIpc) is 0.927. The van der Waals surface area contributed by atoms with Crippen LogP contribution in [0.1, 0.15) is 89.9 Å². The predicted molar refractivity (Wildman–Crippen MR) is 350 cm³/mol. The highest BCUT2D eigenvalue weighted by Gasteiger charge is 2.25. The number of carbonyl (C=O) groups excluding carboxylic acids is 4. The number of ether oxygens (including phenoxy) is 4. The Labute approximate surface area is 534 Å². The number of aryl methyl sites for hydroxylation is 4. The number of pyridine rings is 4. The number of amides is 4. The number of benzene rings is 4. The molecule has 0 saturated carbocycles. The smallest absolute Gasteiger partial charge is 0.293 e. The lowest BCUT2D eigenvalue weighted by atomic mass is 10.1. The van der Waals surface area contributed by atoms with Gasteiger partial charge in [-0.2, -0.15) is 0 Å². The fourth-order valence-corrected chi connectivity index (χ4v) is 10.0. The summed E-state index contributed by atoms with van der Waals surface area (Å²) in [4.78, 5) is 115. The molecule has 0 radical (unpaired) electrons. The highest BCUT2D eigenvalue weighted by atomic mass is 16.5. The van der Waals surface area contributed by atoms with E-state index in [0.717, 1.165) is 35.1 Å². The summed E-state index contributed by atoms with van der Waals surface area (Å²) in [6.07, 6.45) is 8.06. The van der Waals surface area contributed by atoms with Crippen molar-refractivity contribution in [3.63, 3.8) is 0 Å². The molecule has 22 heteroatoms. The largest absolute Gasteiger partial charge is 0.482 e. The maximum atomic E-state index is 14.5. The van der Waals surface area contributed by atoms with E-state index in [2.05, 4.69) is 26.2 Å². The van der Waals surface area contributed by atoms with E-state index in [-0.39, 0.29) is 117 Å². The average molecular weight is 1250 g/mol. The normalized spacial score (nSPS) is 11.4. The molecule has 482 valence electrons. The van der Waals surface area contributed by atoms with Gasteiger partial charge in [0.15, 0.2) is 23.0 Å². The van der Waals surface area contributed by atoms with Gasteiger partial charge >= 0.3 is 0 Å². The van der Waals surface area contributed by atoms with E-state index < -0.39 is 51.9 Å². The molecule has 92 heavy (non-hydrogen) atoms. The summed E-state index contributed by atoms with van der Waals surface area (Å²) in [7, 11) is 6.29. The topological polar surface area (TPSA) is 248 Å². The number of hydrogen-bond donors (Lipinski definition) is 4. The molecule has 4 aromatic carbocycles. The van der Waals surface area contributed by atoms with Crippen LogP contribution in [0.4, 0.5) is 0 Å². The first-order valence-electron chi connectivity index (χ1n) is 30.6. The Morgan fingerprint density at radius 1 is 0.391 bits per heavy atom. The first-order valence-corrected chi connectivity index (χ1v) is 30.6. The van der Waals surface area contributed by atoms with Crippen LogP contribution in [0.5, 0.6) is 23.0 Å². The molecule has 4 amide bonds. The maximum Gasteiger partial charge on any atom is 0.293 e. The third kappa shape index (κ3) is 19.1. The number of unbranched alkanes of at least 4 members (excludes halogenated alkanes) is 1. The second kappa shape index (κ2) is 34.0. The summed E-state index contributed by atoms with van der Waals surface area (Å²) < 4.78 is 29.5. The SMILES string of the molecule is CCCCC(CN(CCNC(=O)c1ccn(C)c(=O)c1OCc1ccccc1)CCN(CCNC(=O)c1ccn(C)c(=O)c1OCc1ccccc1)CCNC(=O)c1ccn(C)c(=O)c1OCc1ccccc1)NC(=O)c1ccn(C)c(=O)c1OCc1ccccc1. The van der Waals surface area contributed by atoms with Gasteiger partial charge in [0.2, 0.25) is 0 Å². The number of nitrogens with zero attached hydrogens (tertiary/aromatic N) is 6. The third-order valence-corrected chi connectivity index (χ3v) is 15.4. The molecule has 1 atom stereocenters. The zero-order valence-electron chi connectivity index (χ0n) is 52.6. The zero-order valence-corrected chi connectivity index (χ0v) is 52.6. The van der Waals surface area contributed by atoms with Gasteiger partial charge in [0, 0.05) is 118 Å². The standard InChI is InChI=1S/C70H80N10O12/c1-6-7-28-54(74-66(84)58-32-39-78(5)70(88)62(58)92-49-53-26-18-11-19-27-53)45-80(42-35-73-65(83)57-31-38-77(4)69(87)61(57)91-48-52-24-16-10-17-25-52)44-43-79(40-33-71-63(81)55-29-36-75(2)67(85)59(55)89-46-50-20-12-8-13-21-50)41-34-72-64(82)56-30-37-76(3)68(86)60(56)90-47-51-22-14-9-15-23-51/h8-27,29-32,36-39,54H,6-7,28,33-35,40-49H2,1-5H3,(H,71,81)(H,72,82)(H,73,83)(H,74,84). The van der Waals surface area contributed by atoms with Crippen LogP contribution < -0.4 is 62.5 Å². The number of nitrogens with one attached hydrogen (secondary N) is 4. The molecule has 4 N–H and O–H groups in total. The molecule has 0 spiro atoms. The van der Waals surface area contributed by atoms with Gasteiger partial charge in [-0.3, -0.25) is 48.2 Å². The summed E-state index contributed by atoms with van der Waals surface area (Å²) >= 11 is 0.